The molecule has 0 atom stereocenters. The van der Waals surface area contributed by atoms with Crippen molar-refractivity contribution in [3.63, 3.8) is 0 Å². The first-order valence-corrected chi connectivity index (χ1v) is 8.23. The molecule has 1 aromatic heterocycles. The van der Waals surface area contributed by atoms with E-state index in [2.05, 4.69) is 27.0 Å². The number of carbonyl (C=O) groups is 1. The molecule has 6 heteroatoms. The van der Waals surface area contributed by atoms with Crippen molar-refractivity contribution in [2.45, 2.75) is 32.1 Å². The Morgan fingerprint density at radius 2 is 2.04 bits per heavy atom. The predicted octanol–water partition coefficient (Wildman–Crippen LogP) is 2.06. The van der Waals surface area contributed by atoms with Gasteiger partial charge in [-0.3, -0.25) is 9.79 Å². The number of hydrogen-bond donors (Lipinski definition) is 3. The molecule has 1 aliphatic rings. The standard InChI is InChI=1S/C17H26N4O2/c1-18-17(20-10-9-14-6-3-2-4-7-14)21-12-11-19-16(22)15-8-5-13-23-15/h5-6,8,13H,2-4,7,9-12H2,1H3,(H,19,22)(H2,18,20,21). The average Bonchev–Trinajstić information content (AvgIpc) is 3.12. The molecule has 0 saturated heterocycles. The summed E-state index contributed by atoms with van der Waals surface area (Å²) in [6, 6.07) is 3.34. The molecule has 1 heterocycles. The maximum absolute atomic E-state index is 11.7. The summed E-state index contributed by atoms with van der Waals surface area (Å²) in [4.78, 5) is 15.9. The molecule has 0 aromatic carbocycles. The number of allylic oxidation sites excluding steroid dienone is 1. The van der Waals surface area contributed by atoms with E-state index in [-0.39, 0.29) is 5.91 Å². The fourth-order valence-electron chi connectivity index (χ4n) is 2.55. The van der Waals surface area contributed by atoms with E-state index in [1.807, 2.05) is 0 Å². The number of nitrogens with one attached hydrogen (secondary N) is 3. The Balaban J connectivity index is 1.57. The molecule has 0 bridgehead atoms. The van der Waals surface area contributed by atoms with Crippen molar-refractivity contribution in [1.29, 1.82) is 0 Å². The van der Waals surface area contributed by atoms with Gasteiger partial charge in [-0.05, 0) is 44.2 Å². The van der Waals surface area contributed by atoms with Crippen molar-refractivity contribution >= 4 is 11.9 Å². The minimum atomic E-state index is -0.205. The zero-order chi connectivity index (χ0) is 16.3. The van der Waals surface area contributed by atoms with Gasteiger partial charge in [0.05, 0.1) is 6.26 Å². The summed E-state index contributed by atoms with van der Waals surface area (Å²) in [6.45, 7) is 1.99. The van der Waals surface area contributed by atoms with Gasteiger partial charge >= 0.3 is 0 Å². The summed E-state index contributed by atoms with van der Waals surface area (Å²) in [6.07, 6.45) is 10.0. The van der Waals surface area contributed by atoms with E-state index in [0.29, 0.717) is 18.8 Å². The lowest BCUT2D eigenvalue weighted by atomic mass is 9.97. The van der Waals surface area contributed by atoms with Crippen molar-refractivity contribution in [2.75, 3.05) is 26.7 Å². The van der Waals surface area contributed by atoms with Gasteiger partial charge in [-0.2, -0.15) is 0 Å². The first-order valence-electron chi connectivity index (χ1n) is 8.23. The third-order valence-electron chi connectivity index (χ3n) is 3.80. The Labute approximate surface area is 137 Å². The first kappa shape index (κ1) is 17.1. The molecule has 0 spiro atoms. The Hall–Kier alpha value is -2.24. The number of rotatable bonds is 7. The summed E-state index contributed by atoms with van der Waals surface area (Å²) in [7, 11) is 1.75. The molecule has 23 heavy (non-hydrogen) atoms. The second-order valence-electron chi connectivity index (χ2n) is 5.52. The SMILES string of the molecule is CN=C(NCCNC(=O)c1ccco1)NCCC1=CCCCC1. The number of furan rings is 1. The van der Waals surface area contributed by atoms with Gasteiger partial charge in [0.15, 0.2) is 11.7 Å². The molecule has 126 valence electrons. The van der Waals surface area contributed by atoms with Gasteiger partial charge in [0.1, 0.15) is 0 Å². The van der Waals surface area contributed by atoms with Crippen LogP contribution < -0.4 is 16.0 Å². The molecule has 0 radical (unpaired) electrons. The average molecular weight is 318 g/mol. The lowest BCUT2D eigenvalue weighted by Crippen LogP contribution is -2.41. The van der Waals surface area contributed by atoms with Crippen molar-refractivity contribution in [1.82, 2.24) is 16.0 Å². The Bertz CT molecular complexity index is 535. The van der Waals surface area contributed by atoms with Crippen molar-refractivity contribution in [2.24, 2.45) is 4.99 Å². The Morgan fingerprint density at radius 3 is 2.74 bits per heavy atom. The molecular weight excluding hydrogens is 292 g/mol. The summed E-state index contributed by atoms with van der Waals surface area (Å²) in [5.41, 5.74) is 1.55. The number of nitrogens with zero attached hydrogens (tertiary/aromatic N) is 1. The number of guanidine groups is 1. The zero-order valence-corrected chi connectivity index (χ0v) is 13.7. The van der Waals surface area contributed by atoms with Gasteiger partial charge in [0.2, 0.25) is 0 Å². The van der Waals surface area contributed by atoms with Gasteiger partial charge in [0.25, 0.3) is 5.91 Å². The van der Waals surface area contributed by atoms with Gasteiger partial charge in [-0.25, -0.2) is 0 Å². The fourth-order valence-corrected chi connectivity index (χ4v) is 2.55. The van der Waals surface area contributed by atoms with Gasteiger partial charge in [-0.1, -0.05) is 11.6 Å². The number of amides is 1. The molecule has 0 saturated carbocycles. The highest BCUT2D eigenvalue weighted by Crippen LogP contribution is 2.19. The lowest BCUT2D eigenvalue weighted by Gasteiger charge is -2.15. The number of carbonyl (C=O) groups excluding carboxylic acids is 1. The van der Waals surface area contributed by atoms with Crippen LogP contribution in [0.15, 0.2) is 39.5 Å². The molecule has 3 N–H and O–H groups in total. The van der Waals surface area contributed by atoms with Crippen LogP contribution in [0.5, 0.6) is 0 Å². The second kappa shape index (κ2) is 9.71. The molecule has 2 rings (SSSR count). The Kier molecular flexibility index (Phi) is 7.23. The van der Waals surface area contributed by atoms with Crippen LogP contribution in [0.1, 0.15) is 42.7 Å². The second-order valence-corrected chi connectivity index (χ2v) is 5.52. The van der Waals surface area contributed by atoms with Gasteiger partial charge in [-0.15, -0.1) is 0 Å². The highest BCUT2D eigenvalue weighted by Gasteiger charge is 2.07. The zero-order valence-electron chi connectivity index (χ0n) is 13.7. The quantitative estimate of drug-likeness (QED) is 0.311. The largest absolute Gasteiger partial charge is 0.459 e. The van der Waals surface area contributed by atoms with E-state index < -0.39 is 0 Å². The predicted molar refractivity (Wildman–Crippen MR) is 91.6 cm³/mol. The highest BCUT2D eigenvalue weighted by molar-refractivity contribution is 5.91. The van der Waals surface area contributed by atoms with Crippen LogP contribution in [0.25, 0.3) is 0 Å². The number of aliphatic imine (C=N–C) groups is 1. The van der Waals surface area contributed by atoms with Crippen molar-refractivity contribution in [3.8, 4) is 0 Å². The van der Waals surface area contributed by atoms with Crippen LogP contribution in [-0.2, 0) is 0 Å². The molecular formula is C17H26N4O2. The van der Waals surface area contributed by atoms with Crippen molar-refractivity contribution in [3.05, 3.63) is 35.8 Å². The smallest absolute Gasteiger partial charge is 0.287 e. The molecule has 0 unspecified atom stereocenters. The minimum absolute atomic E-state index is 0.205. The van der Waals surface area contributed by atoms with Crippen LogP contribution in [0.4, 0.5) is 0 Å². The van der Waals surface area contributed by atoms with E-state index in [1.54, 1.807) is 24.8 Å². The summed E-state index contributed by atoms with van der Waals surface area (Å²) in [5.74, 6) is 0.880. The van der Waals surface area contributed by atoms with E-state index in [4.69, 9.17) is 4.42 Å². The van der Waals surface area contributed by atoms with Crippen molar-refractivity contribution < 1.29 is 9.21 Å². The molecule has 1 amide bonds. The minimum Gasteiger partial charge on any atom is -0.459 e. The monoisotopic (exact) mass is 318 g/mol. The maximum Gasteiger partial charge on any atom is 0.287 e. The molecule has 0 aliphatic heterocycles. The third-order valence-corrected chi connectivity index (χ3v) is 3.80. The van der Waals surface area contributed by atoms with E-state index in [9.17, 15) is 4.79 Å². The van der Waals surface area contributed by atoms with Crippen LogP contribution in [0, 0.1) is 0 Å². The van der Waals surface area contributed by atoms with Crippen LogP contribution in [-0.4, -0.2) is 38.5 Å². The molecule has 1 aromatic rings. The molecule has 1 aliphatic carbocycles. The maximum atomic E-state index is 11.7. The number of hydrogen-bond acceptors (Lipinski definition) is 3. The van der Waals surface area contributed by atoms with Crippen LogP contribution in [0.3, 0.4) is 0 Å². The lowest BCUT2D eigenvalue weighted by molar-refractivity contribution is 0.0926. The van der Waals surface area contributed by atoms with Gasteiger partial charge < -0.3 is 20.4 Å². The summed E-state index contributed by atoms with van der Waals surface area (Å²) in [5, 5.41) is 9.27. The molecule has 6 nitrogen and oxygen atoms in total. The topological polar surface area (TPSA) is 78.7 Å². The van der Waals surface area contributed by atoms with Gasteiger partial charge in [0, 0.05) is 26.7 Å². The normalized spacial score (nSPS) is 15.0. The van der Waals surface area contributed by atoms with E-state index >= 15 is 0 Å². The fraction of sp³-hybridized carbons (Fsp3) is 0.529. The van der Waals surface area contributed by atoms with Crippen LogP contribution in [0.2, 0.25) is 0 Å². The highest BCUT2D eigenvalue weighted by atomic mass is 16.3. The summed E-state index contributed by atoms with van der Waals surface area (Å²) >= 11 is 0. The third kappa shape index (κ3) is 6.18. The van der Waals surface area contributed by atoms with E-state index in [0.717, 1.165) is 18.9 Å². The Morgan fingerprint density at radius 1 is 1.22 bits per heavy atom. The summed E-state index contributed by atoms with van der Waals surface area (Å²) < 4.78 is 5.03. The molecule has 0 fully saturated rings. The first-order chi connectivity index (χ1) is 11.3. The van der Waals surface area contributed by atoms with Crippen LogP contribution >= 0.6 is 0 Å². The van der Waals surface area contributed by atoms with E-state index in [1.165, 1.54) is 31.9 Å².